The molecule has 104 valence electrons. The van der Waals surface area contributed by atoms with E-state index in [0.29, 0.717) is 17.9 Å². The molecule has 21 heavy (non-hydrogen) atoms. The van der Waals surface area contributed by atoms with Gasteiger partial charge in [-0.15, -0.1) is 0 Å². The molecule has 3 aromatic rings. The Morgan fingerprint density at radius 2 is 2.10 bits per heavy atom. The molecule has 4 nitrogen and oxygen atoms in total. The Labute approximate surface area is 123 Å². The Bertz CT molecular complexity index is 843. The van der Waals surface area contributed by atoms with Crippen LogP contribution in [-0.4, -0.2) is 16.8 Å². The molecule has 0 amide bonds. The number of nitrogens with one attached hydrogen (secondary N) is 1. The molecule has 0 saturated heterocycles. The third kappa shape index (κ3) is 2.23. The highest BCUT2D eigenvalue weighted by atomic mass is 16.5. The van der Waals surface area contributed by atoms with E-state index in [1.165, 1.54) is 0 Å². The van der Waals surface area contributed by atoms with Crippen molar-refractivity contribution < 1.29 is 4.74 Å². The molecule has 0 fully saturated rings. The molecule has 0 aliphatic rings. The SMILES string of the molecule is CCOc1cc2c(-c3ccccc3C)n[nH]c2cc1C#N. The molecule has 0 saturated carbocycles. The van der Waals surface area contributed by atoms with Gasteiger partial charge in [0.25, 0.3) is 0 Å². The van der Waals surface area contributed by atoms with E-state index in [0.717, 1.165) is 27.7 Å². The van der Waals surface area contributed by atoms with Crippen LogP contribution in [0.5, 0.6) is 5.75 Å². The molecular formula is C17H15N3O. The minimum Gasteiger partial charge on any atom is -0.492 e. The molecule has 2 aromatic carbocycles. The van der Waals surface area contributed by atoms with Gasteiger partial charge in [0.05, 0.1) is 17.7 Å². The van der Waals surface area contributed by atoms with Crippen molar-refractivity contribution in [3.8, 4) is 23.1 Å². The van der Waals surface area contributed by atoms with Gasteiger partial charge >= 0.3 is 0 Å². The number of aromatic amines is 1. The molecule has 1 N–H and O–H groups in total. The molecule has 0 bridgehead atoms. The second kappa shape index (κ2) is 5.29. The molecule has 0 spiro atoms. The van der Waals surface area contributed by atoms with Crippen molar-refractivity contribution in [3.63, 3.8) is 0 Å². The maximum atomic E-state index is 9.21. The van der Waals surface area contributed by atoms with Crippen molar-refractivity contribution in [1.82, 2.24) is 10.2 Å². The van der Waals surface area contributed by atoms with E-state index in [1.807, 2.05) is 31.2 Å². The summed E-state index contributed by atoms with van der Waals surface area (Å²) in [6.45, 7) is 4.49. The van der Waals surface area contributed by atoms with Gasteiger partial charge in [0.15, 0.2) is 0 Å². The lowest BCUT2D eigenvalue weighted by atomic mass is 10.0. The maximum Gasteiger partial charge on any atom is 0.137 e. The van der Waals surface area contributed by atoms with Crippen LogP contribution in [0, 0.1) is 18.3 Å². The second-order valence-electron chi connectivity index (χ2n) is 4.83. The van der Waals surface area contributed by atoms with Crippen LogP contribution in [0.25, 0.3) is 22.2 Å². The number of fused-ring (bicyclic) bond motifs is 1. The third-order valence-electron chi connectivity index (χ3n) is 3.48. The maximum absolute atomic E-state index is 9.21. The number of hydrogen-bond acceptors (Lipinski definition) is 3. The lowest BCUT2D eigenvalue weighted by molar-refractivity contribution is 0.340. The van der Waals surface area contributed by atoms with E-state index in [-0.39, 0.29) is 0 Å². The van der Waals surface area contributed by atoms with E-state index >= 15 is 0 Å². The predicted molar refractivity (Wildman–Crippen MR) is 82.2 cm³/mol. The zero-order chi connectivity index (χ0) is 14.8. The summed E-state index contributed by atoms with van der Waals surface area (Å²) >= 11 is 0. The van der Waals surface area contributed by atoms with Crippen molar-refractivity contribution in [2.24, 2.45) is 0 Å². The van der Waals surface area contributed by atoms with E-state index in [1.54, 1.807) is 6.07 Å². The van der Waals surface area contributed by atoms with E-state index in [9.17, 15) is 5.26 Å². The Hall–Kier alpha value is -2.80. The normalized spacial score (nSPS) is 10.5. The fourth-order valence-corrected chi connectivity index (χ4v) is 2.45. The third-order valence-corrected chi connectivity index (χ3v) is 3.48. The number of benzene rings is 2. The van der Waals surface area contributed by atoms with Crippen molar-refractivity contribution in [2.45, 2.75) is 13.8 Å². The summed E-state index contributed by atoms with van der Waals surface area (Å²) in [5.74, 6) is 0.601. The minimum absolute atomic E-state index is 0.518. The monoisotopic (exact) mass is 277 g/mol. The number of nitriles is 1. The molecule has 0 aliphatic heterocycles. The fraction of sp³-hybridized carbons (Fsp3) is 0.176. The first-order valence-corrected chi connectivity index (χ1v) is 6.85. The van der Waals surface area contributed by atoms with Crippen molar-refractivity contribution in [2.75, 3.05) is 6.61 Å². The van der Waals surface area contributed by atoms with E-state index < -0.39 is 0 Å². The van der Waals surface area contributed by atoms with Gasteiger partial charge in [0, 0.05) is 10.9 Å². The zero-order valence-corrected chi connectivity index (χ0v) is 12.0. The average Bonchev–Trinajstić information content (AvgIpc) is 2.90. The summed E-state index contributed by atoms with van der Waals surface area (Å²) in [5.41, 5.74) is 4.48. The summed E-state index contributed by atoms with van der Waals surface area (Å²) in [6.07, 6.45) is 0. The largest absolute Gasteiger partial charge is 0.492 e. The first-order valence-electron chi connectivity index (χ1n) is 6.85. The summed E-state index contributed by atoms with van der Waals surface area (Å²) in [4.78, 5) is 0. The number of aromatic nitrogens is 2. The molecule has 1 aromatic heterocycles. The predicted octanol–water partition coefficient (Wildman–Crippen LogP) is 3.81. The van der Waals surface area contributed by atoms with Crippen molar-refractivity contribution >= 4 is 10.9 Å². The number of hydrogen-bond donors (Lipinski definition) is 1. The van der Waals surface area contributed by atoms with E-state index in [4.69, 9.17) is 4.74 Å². The minimum atomic E-state index is 0.518. The van der Waals surface area contributed by atoms with Crippen molar-refractivity contribution in [3.05, 3.63) is 47.5 Å². The van der Waals surface area contributed by atoms with Crippen LogP contribution in [0.4, 0.5) is 0 Å². The Morgan fingerprint density at radius 1 is 1.29 bits per heavy atom. The van der Waals surface area contributed by atoms with Crippen LogP contribution in [0.15, 0.2) is 36.4 Å². The second-order valence-corrected chi connectivity index (χ2v) is 4.83. The van der Waals surface area contributed by atoms with Gasteiger partial charge in [-0.3, -0.25) is 5.10 Å². The van der Waals surface area contributed by atoms with E-state index in [2.05, 4.69) is 29.3 Å². The number of aryl methyl sites for hydroxylation is 1. The van der Waals surface area contributed by atoms with Gasteiger partial charge < -0.3 is 4.74 Å². The Morgan fingerprint density at radius 3 is 2.81 bits per heavy atom. The van der Waals surface area contributed by atoms with Gasteiger partial charge in [-0.05, 0) is 31.5 Å². The summed E-state index contributed by atoms with van der Waals surface area (Å²) in [7, 11) is 0. The van der Waals surface area contributed by atoms with Gasteiger partial charge in [0.2, 0.25) is 0 Å². The molecule has 3 rings (SSSR count). The summed E-state index contributed by atoms with van der Waals surface area (Å²) in [6, 6.07) is 13.9. The van der Waals surface area contributed by atoms with Crippen LogP contribution in [-0.2, 0) is 0 Å². The molecule has 1 heterocycles. The number of ether oxygens (including phenoxy) is 1. The van der Waals surface area contributed by atoms with Gasteiger partial charge in [0.1, 0.15) is 17.5 Å². The van der Waals surface area contributed by atoms with Gasteiger partial charge in [-0.2, -0.15) is 10.4 Å². The zero-order valence-electron chi connectivity index (χ0n) is 12.0. The lowest BCUT2D eigenvalue weighted by Gasteiger charge is -2.06. The smallest absolute Gasteiger partial charge is 0.137 e. The Balaban J connectivity index is 2.25. The van der Waals surface area contributed by atoms with Crippen LogP contribution >= 0.6 is 0 Å². The first kappa shape index (κ1) is 13.2. The molecule has 0 aliphatic carbocycles. The quantitative estimate of drug-likeness (QED) is 0.791. The van der Waals surface area contributed by atoms with Crippen molar-refractivity contribution in [1.29, 1.82) is 5.26 Å². The topological polar surface area (TPSA) is 61.7 Å². The highest BCUT2D eigenvalue weighted by Crippen LogP contribution is 2.32. The molecule has 0 unspecified atom stereocenters. The molecular weight excluding hydrogens is 262 g/mol. The van der Waals surface area contributed by atoms with Crippen LogP contribution < -0.4 is 4.74 Å². The number of H-pyrrole nitrogens is 1. The van der Waals surface area contributed by atoms with Crippen LogP contribution in [0.1, 0.15) is 18.1 Å². The van der Waals surface area contributed by atoms with Crippen LogP contribution in [0.2, 0.25) is 0 Å². The summed E-state index contributed by atoms with van der Waals surface area (Å²) < 4.78 is 5.56. The first-order chi connectivity index (χ1) is 10.2. The van der Waals surface area contributed by atoms with Gasteiger partial charge in [-0.25, -0.2) is 0 Å². The highest BCUT2D eigenvalue weighted by Gasteiger charge is 2.14. The standard InChI is InChI=1S/C17H15N3O/c1-3-21-16-9-14-15(8-12(16)10-18)19-20-17(14)13-7-5-4-6-11(13)2/h4-9H,3H2,1-2H3,(H,19,20). The average molecular weight is 277 g/mol. The molecule has 0 atom stereocenters. The summed E-state index contributed by atoms with van der Waals surface area (Å²) in [5, 5.41) is 17.6. The highest BCUT2D eigenvalue weighted by molar-refractivity contribution is 5.95. The Kier molecular flexibility index (Phi) is 3.33. The fourth-order valence-electron chi connectivity index (χ4n) is 2.45. The molecule has 0 radical (unpaired) electrons. The van der Waals surface area contributed by atoms with Crippen LogP contribution in [0.3, 0.4) is 0 Å². The number of rotatable bonds is 3. The molecule has 4 heteroatoms. The van der Waals surface area contributed by atoms with Gasteiger partial charge in [-0.1, -0.05) is 24.3 Å². The number of nitrogens with zero attached hydrogens (tertiary/aromatic N) is 2. The lowest BCUT2D eigenvalue weighted by Crippen LogP contribution is -1.94.